The van der Waals surface area contributed by atoms with Crippen LogP contribution in [0.2, 0.25) is 10.0 Å². The standard InChI is InChI=1S/C16H14Cl2FNOS/c17-12-5-6-13(18)15(9-12)22-10-16(21)20-8-7-11-3-1-2-4-14(11)19/h1-6,9H,7-8,10H2,(H,20,21). The molecule has 0 fully saturated rings. The Bertz CT molecular complexity index is 666. The first kappa shape index (κ1) is 17.1. The van der Waals surface area contributed by atoms with Crippen molar-refractivity contribution in [2.45, 2.75) is 11.3 Å². The lowest BCUT2D eigenvalue weighted by atomic mass is 10.1. The first-order valence-corrected chi connectivity index (χ1v) is 8.38. The molecular weight excluding hydrogens is 344 g/mol. The zero-order valence-electron chi connectivity index (χ0n) is 11.6. The minimum absolute atomic E-state index is 0.127. The zero-order chi connectivity index (χ0) is 15.9. The third-order valence-electron chi connectivity index (χ3n) is 2.93. The van der Waals surface area contributed by atoms with Crippen molar-refractivity contribution in [1.82, 2.24) is 5.32 Å². The molecule has 116 valence electrons. The topological polar surface area (TPSA) is 29.1 Å². The lowest BCUT2D eigenvalue weighted by Crippen LogP contribution is -2.27. The molecule has 2 aromatic rings. The van der Waals surface area contributed by atoms with Gasteiger partial charge >= 0.3 is 0 Å². The SMILES string of the molecule is O=C(CSc1cc(Cl)ccc1Cl)NCCc1ccccc1F. The molecule has 2 nitrogen and oxygen atoms in total. The number of halogens is 3. The fraction of sp³-hybridized carbons (Fsp3) is 0.188. The number of carbonyl (C=O) groups is 1. The predicted molar refractivity (Wildman–Crippen MR) is 90.3 cm³/mol. The fourth-order valence-corrected chi connectivity index (χ4v) is 3.14. The molecule has 0 aromatic heterocycles. The van der Waals surface area contributed by atoms with Crippen molar-refractivity contribution < 1.29 is 9.18 Å². The summed E-state index contributed by atoms with van der Waals surface area (Å²) in [7, 11) is 0. The number of benzene rings is 2. The van der Waals surface area contributed by atoms with E-state index in [2.05, 4.69) is 5.32 Å². The van der Waals surface area contributed by atoms with Crippen LogP contribution in [-0.2, 0) is 11.2 Å². The van der Waals surface area contributed by atoms with Crippen molar-refractivity contribution >= 4 is 40.9 Å². The van der Waals surface area contributed by atoms with E-state index < -0.39 is 0 Å². The lowest BCUT2D eigenvalue weighted by molar-refractivity contribution is -0.118. The van der Waals surface area contributed by atoms with E-state index in [-0.39, 0.29) is 17.5 Å². The third kappa shape index (κ3) is 5.20. The number of amides is 1. The Labute approximate surface area is 143 Å². The summed E-state index contributed by atoms with van der Waals surface area (Å²) in [5.74, 6) is -0.147. The van der Waals surface area contributed by atoms with Crippen molar-refractivity contribution in [2.24, 2.45) is 0 Å². The molecule has 0 radical (unpaired) electrons. The van der Waals surface area contributed by atoms with E-state index in [0.717, 1.165) is 4.90 Å². The Morgan fingerprint density at radius 3 is 2.73 bits per heavy atom. The molecule has 0 aliphatic carbocycles. The highest BCUT2D eigenvalue weighted by Gasteiger charge is 2.07. The highest BCUT2D eigenvalue weighted by Crippen LogP contribution is 2.29. The molecule has 0 saturated heterocycles. The van der Waals surface area contributed by atoms with Gasteiger partial charge in [0.25, 0.3) is 0 Å². The quantitative estimate of drug-likeness (QED) is 0.766. The average molecular weight is 358 g/mol. The van der Waals surface area contributed by atoms with Gasteiger partial charge in [-0.05, 0) is 36.2 Å². The van der Waals surface area contributed by atoms with Crippen LogP contribution in [0.15, 0.2) is 47.4 Å². The molecule has 0 unspecified atom stereocenters. The Morgan fingerprint density at radius 1 is 1.18 bits per heavy atom. The molecule has 0 aliphatic heterocycles. The maximum atomic E-state index is 13.4. The van der Waals surface area contributed by atoms with Crippen molar-refractivity contribution in [3.05, 3.63) is 63.9 Å². The van der Waals surface area contributed by atoms with Gasteiger partial charge in [-0.3, -0.25) is 4.79 Å². The Kier molecular flexibility index (Phi) is 6.55. The van der Waals surface area contributed by atoms with E-state index in [0.29, 0.717) is 28.6 Å². The summed E-state index contributed by atoms with van der Waals surface area (Å²) < 4.78 is 13.4. The van der Waals surface area contributed by atoms with Gasteiger partial charge in [0.05, 0.1) is 10.8 Å². The van der Waals surface area contributed by atoms with Gasteiger partial charge < -0.3 is 5.32 Å². The van der Waals surface area contributed by atoms with Gasteiger partial charge in [0.15, 0.2) is 0 Å². The molecule has 0 atom stereocenters. The predicted octanol–water partition coefficient (Wildman–Crippen LogP) is 4.58. The maximum absolute atomic E-state index is 13.4. The number of thioether (sulfide) groups is 1. The van der Waals surface area contributed by atoms with Crippen LogP contribution in [0.5, 0.6) is 0 Å². The molecule has 1 N–H and O–H groups in total. The van der Waals surface area contributed by atoms with Crippen molar-refractivity contribution in [1.29, 1.82) is 0 Å². The lowest BCUT2D eigenvalue weighted by Gasteiger charge is -2.07. The molecule has 6 heteroatoms. The van der Waals surface area contributed by atoms with Crippen molar-refractivity contribution in [2.75, 3.05) is 12.3 Å². The second-order valence-electron chi connectivity index (χ2n) is 4.55. The minimum atomic E-state index is -0.253. The van der Waals surface area contributed by atoms with Crippen LogP contribution in [0.3, 0.4) is 0 Å². The third-order valence-corrected chi connectivity index (χ3v) is 4.66. The Morgan fingerprint density at radius 2 is 1.95 bits per heavy atom. The van der Waals surface area contributed by atoms with Crippen LogP contribution in [-0.4, -0.2) is 18.2 Å². The first-order valence-electron chi connectivity index (χ1n) is 6.64. The number of carbonyl (C=O) groups excluding carboxylic acids is 1. The molecule has 0 bridgehead atoms. The monoisotopic (exact) mass is 357 g/mol. The fourth-order valence-electron chi connectivity index (χ4n) is 1.82. The minimum Gasteiger partial charge on any atom is -0.355 e. The summed E-state index contributed by atoms with van der Waals surface area (Å²) in [6.45, 7) is 0.392. The van der Waals surface area contributed by atoms with Crippen LogP contribution in [0.25, 0.3) is 0 Å². The van der Waals surface area contributed by atoms with Gasteiger partial charge in [-0.2, -0.15) is 0 Å². The summed E-state index contributed by atoms with van der Waals surface area (Å²) in [5, 5.41) is 3.90. The van der Waals surface area contributed by atoms with Crippen LogP contribution < -0.4 is 5.32 Å². The summed E-state index contributed by atoms with van der Waals surface area (Å²) in [6.07, 6.45) is 0.459. The van der Waals surface area contributed by atoms with Crippen LogP contribution in [0.4, 0.5) is 4.39 Å². The van der Waals surface area contributed by atoms with Crippen LogP contribution >= 0.6 is 35.0 Å². The van der Waals surface area contributed by atoms with E-state index >= 15 is 0 Å². The Balaban J connectivity index is 1.76. The van der Waals surface area contributed by atoms with Gasteiger partial charge in [-0.15, -0.1) is 11.8 Å². The average Bonchev–Trinajstić information content (AvgIpc) is 2.50. The van der Waals surface area contributed by atoms with E-state index in [1.165, 1.54) is 17.8 Å². The van der Waals surface area contributed by atoms with Gasteiger partial charge in [0.1, 0.15) is 5.82 Å². The van der Waals surface area contributed by atoms with Gasteiger partial charge in [0, 0.05) is 16.5 Å². The molecule has 0 saturated carbocycles. The highest BCUT2D eigenvalue weighted by atomic mass is 35.5. The molecule has 0 heterocycles. The number of rotatable bonds is 6. The Hall–Kier alpha value is -1.23. The zero-order valence-corrected chi connectivity index (χ0v) is 13.9. The van der Waals surface area contributed by atoms with E-state index in [1.807, 2.05) is 0 Å². The molecular formula is C16H14Cl2FNOS. The first-order chi connectivity index (χ1) is 10.6. The van der Waals surface area contributed by atoms with Gasteiger partial charge in [0.2, 0.25) is 5.91 Å². The van der Waals surface area contributed by atoms with E-state index in [4.69, 9.17) is 23.2 Å². The van der Waals surface area contributed by atoms with Crippen LogP contribution in [0, 0.1) is 5.82 Å². The summed E-state index contributed by atoms with van der Waals surface area (Å²) in [5.41, 5.74) is 0.591. The molecule has 0 aliphatic rings. The van der Waals surface area contributed by atoms with E-state index in [9.17, 15) is 9.18 Å². The van der Waals surface area contributed by atoms with Crippen molar-refractivity contribution in [3.63, 3.8) is 0 Å². The number of hydrogen-bond donors (Lipinski definition) is 1. The number of nitrogens with one attached hydrogen (secondary N) is 1. The largest absolute Gasteiger partial charge is 0.355 e. The molecule has 1 amide bonds. The second-order valence-corrected chi connectivity index (χ2v) is 6.42. The van der Waals surface area contributed by atoms with E-state index in [1.54, 1.807) is 36.4 Å². The number of hydrogen-bond acceptors (Lipinski definition) is 2. The summed E-state index contributed by atoms with van der Waals surface area (Å²) >= 11 is 13.2. The molecule has 2 aromatic carbocycles. The maximum Gasteiger partial charge on any atom is 0.230 e. The van der Waals surface area contributed by atoms with Gasteiger partial charge in [-0.1, -0.05) is 41.4 Å². The molecule has 22 heavy (non-hydrogen) atoms. The van der Waals surface area contributed by atoms with Gasteiger partial charge in [-0.25, -0.2) is 4.39 Å². The normalized spacial score (nSPS) is 10.5. The second kappa shape index (κ2) is 8.42. The molecule has 0 spiro atoms. The highest BCUT2D eigenvalue weighted by molar-refractivity contribution is 8.00. The summed E-state index contributed by atoms with van der Waals surface area (Å²) in [4.78, 5) is 12.5. The molecule has 2 rings (SSSR count). The van der Waals surface area contributed by atoms with Crippen molar-refractivity contribution in [3.8, 4) is 0 Å². The van der Waals surface area contributed by atoms with Crippen LogP contribution in [0.1, 0.15) is 5.56 Å². The summed E-state index contributed by atoms with van der Waals surface area (Å²) in [6, 6.07) is 11.7. The smallest absolute Gasteiger partial charge is 0.230 e.